The molecule has 0 aromatic heterocycles. The fourth-order valence-corrected chi connectivity index (χ4v) is 2.11. The molecule has 0 saturated carbocycles. The molecule has 1 rings (SSSR count). The molecule has 1 saturated heterocycles. The van der Waals surface area contributed by atoms with Crippen LogP contribution >= 0.6 is 12.4 Å². The summed E-state index contributed by atoms with van der Waals surface area (Å²) in [4.78, 5) is 25.3. The van der Waals surface area contributed by atoms with Gasteiger partial charge in [-0.05, 0) is 34.1 Å². The van der Waals surface area contributed by atoms with E-state index in [0.29, 0.717) is 25.8 Å². The van der Waals surface area contributed by atoms with E-state index in [9.17, 15) is 9.59 Å². The van der Waals surface area contributed by atoms with Crippen LogP contribution in [0, 0.1) is 0 Å². The Bertz CT molecular complexity index is 326. The van der Waals surface area contributed by atoms with E-state index in [1.54, 1.807) is 0 Å². The summed E-state index contributed by atoms with van der Waals surface area (Å²) in [5.74, 6) is 0.0980. The maximum absolute atomic E-state index is 11.8. The third kappa shape index (κ3) is 5.78. The molecule has 1 fully saturated rings. The van der Waals surface area contributed by atoms with Gasteiger partial charge in [0.1, 0.15) is 0 Å². The van der Waals surface area contributed by atoms with Crippen molar-refractivity contribution >= 4 is 24.2 Å². The molecule has 1 aliphatic heterocycles. The lowest BCUT2D eigenvalue weighted by Crippen LogP contribution is -2.44. The van der Waals surface area contributed by atoms with Gasteiger partial charge in [0, 0.05) is 31.0 Å². The highest BCUT2D eigenvalue weighted by atomic mass is 35.5. The number of hydrogen-bond donors (Lipinski definition) is 2. The largest absolute Gasteiger partial charge is 0.351 e. The van der Waals surface area contributed by atoms with Crippen molar-refractivity contribution in [2.24, 2.45) is 5.73 Å². The Hall–Kier alpha value is -0.810. The van der Waals surface area contributed by atoms with Gasteiger partial charge in [-0.3, -0.25) is 9.59 Å². The van der Waals surface area contributed by atoms with Gasteiger partial charge in [-0.2, -0.15) is 0 Å². The van der Waals surface area contributed by atoms with Gasteiger partial charge in [0.2, 0.25) is 11.8 Å². The van der Waals surface area contributed by atoms with Gasteiger partial charge in [0.05, 0.1) is 6.04 Å². The first-order chi connectivity index (χ1) is 8.20. The molecular weight excluding hydrogens is 266 g/mol. The summed E-state index contributed by atoms with van der Waals surface area (Å²) < 4.78 is 0. The molecule has 3 N–H and O–H groups in total. The Labute approximate surface area is 121 Å². The Kier molecular flexibility index (Phi) is 6.80. The first-order valence-electron chi connectivity index (χ1n) is 6.55. The number of amides is 2. The van der Waals surface area contributed by atoms with E-state index >= 15 is 0 Å². The topological polar surface area (TPSA) is 75.4 Å². The lowest BCUT2D eigenvalue weighted by molar-refractivity contribution is -0.131. The molecule has 5 nitrogen and oxygen atoms in total. The van der Waals surface area contributed by atoms with Crippen LogP contribution in [0.2, 0.25) is 0 Å². The van der Waals surface area contributed by atoms with Crippen molar-refractivity contribution in [3.63, 3.8) is 0 Å². The average Bonchev–Trinajstić information content (AvgIpc) is 2.56. The fourth-order valence-electron chi connectivity index (χ4n) is 2.11. The van der Waals surface area contributed by atoms with Gasteiger partial charge in [0.25, 0.3) is 0 Å². The zero-order chi connectivity index (χ0) is 13.9. The van der Waals surface area contributed by atoms with E-state index in [1.165, 1.54) is 0 Å². The Morgan fingerprint density at radius 2 is 2.11 bits per heavy atom. The summed E-state index contributed by atoms with van der Waals surface area (Å²) in [5.41, 5.74) is 5.43. The third-order valence-electron chi connectivity index (χ3n) is 3.13. The molecule has 2 atom stereocenters. The van der Waals surface area contributed by atoms with Crippen molar-refractivity contribution in [2.45, 2.75) is 64.6 Å². The van der Waals surface area contributed by atoms with E-state index in [4.69, 9.17) is 5.73 Å². The quantitative estimate of drug-likeness (QED) is 0.813. The smallest absolute Gasteiger partial charge is 0.225 e. The summed E-state index contributed by atoms with van der Waals surface area (Å²) in [7, 11) is 0. The molecule has 2 unspecified atom stereocenters. The molecule has 19 heavy (non-hydrogen) atoms. The first kappa shape index (κ1) is 18.2. The highest BCUT2D eigenvalue weighted by Gasteiger charge is 2.36. The van der Waals surface area contributed by atoms with Crippen LogP contribution in [0.15, 0.2) is 0 Å². The van der Waals surface area contributed by atoms with Crippen LogP contribution in [0.3, 0.4) is 0 Å². The average molecular weight is 292 g/mol. The number of rotatable bonds is 4. The fraction of sp³-hybridized carbons (Fsp3) is 0.846. The van der Waals surface area contributed by atoms with Gasteiger partial charge < -0.3 is 16.0 Å². The number of likely N-dealkylation sites (tertiary alicyclic amines) is 1. The van der Waals surface area contributed by atoms with Gasteiger partial charge in [-0.15, -0.1) is 12.4 Å². The standard InChI is InChI=1S/C13H25N3O2.ClH/c1-9(14)5-6-11(17)15-10-7-12(18)16(8-10)13(2,3)4;/h9-10H,5-8,14H2,1-4H3,(H,15,17);1H. The Morgan fingerprint density at radius 3 is 2.53 bits per heavy atom. The molecule has 1 aliphatic rings. The van der Waals surface area contributed by atoms with Crippen molar-refractivity contribution in [3.05, 3.63) is 0 Å². The summed E-state index contributed by atoms with van der Waals surface area (Å²) in [6.07, 6.45) is 1.51. The van der Waals surface area contributed by atoms with Crippen LogP contribution in [-0.4, -0.2) is 40.9 Å². The van der Waals surface area contributed by atoms with Gasteiger partial charge in [0.15, 0.2) is 0 Å². The van der Waals surface area contributed by atoms with Crippen molar-refractivity contribution in [1.82, 2.24) is 10.2 Å². The number of halogens is 1. The van der Waals surface area contributed by atoms with E-state index in [1.807, 2.05) is 32.6 Å². The van der Waals surface area contributed by atoms with Crippen molar-refractivity contribution in [2.75, 3.05) is 6.54 Å². The van der Waals surface area contributed by atoms with Crippen LogP contribution < -0.4 is 11.1 Å². The number of carbonyl (C=O) groups is 2. The highest BCUT2D eigenvalue weighted by molar-refractivity contribution is 5.85. The molecule has 0 aromatic rings. The van der Waals surface area contributed by atoms with E-state index in [0.717, 1.165) is 0 Å². The van der Waals surface area contributed by atoms with Crippen molar-refractivity contribution < 1.29 is 9.59 Å². The van der Waals surface area contributed by atoms with Crippen molar-refractivity contribution in [3.8, 4) is 0 Å². The van der Waals surface area contributed by atoms with E-state index < -0.39 is 0 Å². The van der Waals surface area contributed by atoms with Gasteiger partial charge >= 0.3 is 0 Å². The normalized spacial score (nSPS) is 21.0. The molecule has 0 aliphatic carbocycles. The van der Waals surface area contributed by atoms with Crippen LogP contribution in [0.4, 0.5) is 0 Å². The molecule has 6 heteroatoms. The van der Waals surface area contributed by atoms with Crippen LogP contribution in [0.25, 0.3) is 0 Å². The number of nitrogens with one attached hydrogen (secondary N) is 1. The lowest BCUT2D eigenvalue weighted by Gasteiger charge is -2.32. The third-order valence-corrected chi connectivity index (χ3v) is 3.13. The Balaban J connectivity index is 0.00000324. The molecule has 0 radical (unpaired) electrons. The SMILES string of the molecule is CC(N)CCC(=O)NC1CC(=O)N(C(C)(C)C)C1.Cl. The number of hydrogen-bond acceptors (Lipinski definition) is 3. The molecular formula is C13H26ClN3O2. The number of nitrogens with zero attached hydrogens (tertiary/aromatic N) is 1. The van der Waals surface area contributed by atoms with Crippen LogP contribution in [0.1, 0.15) is 47.0 Å². The predicted molar refractivity (Wildman–Crippen MR) is 78.1 cm³/mol. The van der Waals surface area contributed by atoms with Gasteiger partial charge in [-0.1, -0.05) is 0 Å². The summed E-state index contributed by atoms with van der Waals surface area (Å²) in [6.45, 7) is 8.50. The molecule has 0 bridgehead atoms. The van der Waals surface area contributed by atoms with Crippen molar-refractivity contribution in [1.29, 1.82) is 0 Å². The zero-order valence-electron chi connectivity index (χ0n) is 12.2. The zero-order valence-corrected chi connectivity index (χ0v) is 13.0. The minimum absolute atomic E-state index is 0. The maximum atomic E-state index is 11.8. The second-order valence-electron chi connectivity index (χ2n) is 6.16. The van der Waals surface area contributed by atoms with Crippen LogP contribution in [-0.2, 0) is 9.59 Å². The molecule has 0 aromatic carbocycles. The van der Waals surface area contributed by atoms with Gasteiger partial charge in [-0.25, -0.2) is 0 Å². The van der Waals surface area contributed by atoms with E-state index in [-0.39, 0.29) is 41.8 Å². The summed E-state index contributed by atoms with van der Waals surface area (Å²) in [5, 5.41) is 2.91. The molecule has 1 heterocycles. The first-order valence-corrected chi connectivity index (χ1v) is 6.55. The summed E-state index contributed by atoms with van der Waals surface area (Å²) in [6, 6.07) is -0.0238. The minimum Gasteiger partial charge on any atom is -0.351 e. The predicted octanol–water partition coefficient (Wildman–Crippen LogP) is 1.05. The lowest BCUT2D eigenvalue weighted by atomic mass is 10.1. The van der Waals surface area contributed by atoms with E-state index in [2.05, 4.69) is 5.32 Å². The molecule has 0 spiro atoms. The maximum Gasteiger partial charge on any atom is 0.225 e. The minimum atomic E-state index is -0.178. The monoisotopic (exact) mass is 291 g/mol. The molecule has 2 amide bonds. The second kappa shape index (κ2) is 7.10. The Morgan fingerprint density at radius 1 is 1.53 bits per heavy atom. The molecule has 112 valence electrons. The summed E-state index contributed by atoms with van der Waals surface area (Å²) >= 11 is 0. The number of nitrogens with two attached hydrogens (primary N) is 1. The number of carbonyl (C=O) groups excluding carboxylic acids is 2. The second-order valence-corrected chi connectivity index (χ2v) is 6.16. The van der Waals surface area contributed by atoms with Crippen LogP contribution in [0.5, 0.6) is 0 Å². The highest BCUT2D eigenvalue weighted by Crippen LogP contribution is 2.21.